The Morgan fingerprint density at radius 1 is 1.17 bits per heavy atom. The van der Waals surface area contributed by atoms with E-state index in [4.69, 9.17) is 21.1 Å². The summed E-state index contributed by atoms with van der Waals surface area (Å²) in [4.78, 5) is 12.8. The molecule has 1 spiro atoms. The van der Waals surface area contributed by atoms with Crippen molar-refractivity contribution in [2.45, 2.75) is 50.0 Å². The Labute approximate surface area is 208 Å². The number of sulfonamides is 1. The fourth-order valence-electron chi connectivity index (χ4n) is 4.67. The Bertz CT molecular complexity index is 1330. The summed E-state index contributed by atoms with van der Waals surface area (Å²) in [6.07, 6.45) is 6.10. The lowest BCUT2D eigenvalue weighted by atomic mass is 9.76. The minimum absolute atomic E-state index is 0.0892. The van der Waals surface area contributed by atoms with Crippen molar-refractivity contribution in [3.05, 3.63) is 41.4 Å². The second-order valence-corrected chi connectivity index (χ2v) is 11.4. The van der Waals surface area contributed by atoms with Crippen LogP contribution in [-0.4, -0.2) is 57.6 Å². The molecule has 2 saturated carbocycles. The van der Waals surface area contributed by atoms with Gasteiger partial charge in [-0.05, 0) is 44.1 Å². The Kier molecular flexibility index (Phi) is 6.14. The summed E-state index contributed by atoms with van der Waals surface area (Å²) in [6.45, 7) is 1.53. The lowest BCUT2D eigenvalue weighted by Crippen LogP contribution is -2.36. The standard InChI is InChI=1S/C22H26ClN7O4S/c1-13(18(34-3)19-24-11-14(23)12-25-19)35(31,32)29-21-28-27-20(15-5-4-6-17(26-15)33-2)30(21)16-7-8-22(16)9-10-22/h4-6,11-13,16,18H,7-10H2,1-3H3,(H,28,29)/t13-,16?,18-/m0/s1. The van der Waals surface area contributed by atoms with Crippen molar-refractivity contribution in [3.63, 3.8) is 0 Å². The maximum absolute atomic E-state index is 13.5. The van der Waals surface area contributed by atoms with Gasteiger partial charge in [-0.15, -0.1) is 10.2 Å². The van der Waals surface area contributed by atoms with Gasteiger partial charge < -0.3 is 9.47 Å². The van der Waals surface area contributed by atoms with E-state index in [1.165, 1.54) is 26.4 Å². The zero-order valence-corrected chi connectivity index (χ0v) is 21.1. The summed E-state index contributed by atoms with van der Waals surface area (Å²) < 4.78 is 42.2. The van der Waals surface area contributed by atoms with Gasteiger partial charge in [-0.3, -0.25) is 9.29 Å². The highest BCUT2D eigenvalue weighted by Crippen LogP contribution is 2.67. The Hall–Kier alpha value is -2.83. The van der Waals surface area contributed by atoms with Crippen LogP contribution in [0, 0.1) is 5.41 Å². The molecule has 35 heavy (non-hydrogen) atoms. The van der Waals surface area contributed by atoms with Crippen LogP contribution in [0.4, 0.5) is 5.95 Å². The van der Waals surface area contributed by atoms with Crippen molar-refractivity contribution in [2.75, 3.05) is 18.9 Å². The maximum Gasteiger partial charge on any atom is 0.240 e. The SMILES string of the molecule is COc1cccc(-c2nnc(NS(=O)(=O)[C@@H](C)[C@H](OC)c3ncc(Cl)cn3)n2C2CCC23CC3)n1. The number of pyridine rings is 1. The molecular weight excluding hydrogens is 494 g/mol. The first-order chi connectivity index (χ1) is 16.8. The summed E-state index contributed by atoms with van der Waals surface area (Å²) in [5, 5.41) is 7.88. The number of anilines is 1. The third kappa shape index (κ3) is 4.34. The lowest BCUT2D eigenvalue weighted by Gasteiger charge is -2.39. The molecule has 3 aromatic rings. The van der Waals surface area contributed by atoms with E-state index in [0.29, 0.717) is 22.4 Å². The number of aromatic nitrogens is 6. The minimum atomic E-state index is -3.98. The van der Waals surface area contributed by atoms with E-state index in [1.807, 2.05) is 10.6 Å². The predicted octanol–water partition coefficient (Wildman–Crippen LogP) is 3.43. The van der Waals surface area contributed by atoms with E-state index in [9.17, 15) is 8.42 Å². The smallest absolute Gasteiger partial charge is 0.240 e. The number of hydrogen-bond acceptors (Lipinski definition) is 9. The van der Waals surface area contributed by atoms with Crippen molar-refractivity contribution in [1.29, 1.82) is 0 Å². The molecule has 2 aliphatic carbocycles. The molecule has 186 valence electrons. The van der Waals surface area contributed by atoms with Crippen molar-refractivity contribution in [2.24, 2.45) is 5.41 Å². The molecule has 1 N–H and O–H groups in total. The molecule has 5 rings (SSSR count). The molecule has 3 aromatic heterocycles. The third-order valence-corrected chi connectivity index (χ3v) is 8.87. The number of ether oxygens (including phenoxy) is 2. The topological polar surface area (TPSA) is 134 Å². The van der Waals surface area contributed by atoms with Gasteiger partial charge in [-0.2, -0.15) is 0 Å². The fourth-order valence-corrected chi connectivity index (χ4v) is 5.91. The van der Waals surface area contributed by atoms with E-state index in [2.05, 4.69) is 29.9 Å². The van der Waals surface area contributed by atoms with Gasteiger partial charge >= 0.3 is 0 Å². The van der Waals surface area contributed by atoms with Crippen LogP contribution in [0.15, 0.2) is 30.6 Å². The van der Waals surface area contributed by atoms with Crippen molar-refractivity contribution in [3.8, 4) is 17.4 Å². The van der Waals surface area contributed by atoms with Crippen LogP contribution in [0.1, 0.15) is 50.6 Å². The molecule has 2 fully saturated rings. The number of nitrogens with one attached hydrogen (secondary N) is 1. The molecule has 0 aliphatic heterocycles. The second kappa shape index (κ2) is 8.99. The van der Waals surface area contributed by atoms with Gasteiger partial charge in [0.15, 0.2) is 11.6 Å². The average Bonchev–Trinajstić information content (AvgIpc) is 3.59. The first-order valence-electron chi connectivity index (χ1n) is 11.3. The van der Waals surface area contributed by atoms with Crippen LogP contribution in [0.3, 0.4) is 0 Å². The molecule has 3 heterocycles. The highest BCUT2D eigenvalue weighted by molar-refractivity contribution is 7.93. The second-order valence-electron chi connectivity index (χ2n) is 8.97. The van der Waals surface area contributed by atoms with Gasteiger partial charge in [0.1, 0.15) is 17.0 Å². The van der Waals surface area contributed by atoms with E-state index < -0.39 is 21.4 Å². The summed E-state index contributed by atoms with van der Waals surface area (Å²) in [5.74, 6) is 1.30. The predicted molar refractivity (Wildman–Crippen MR) is 129 cm³/mol. The molecule has 11 nitrogen and oxygen atoms in total. The first-order valence-corrected chi connectivity index (χ1v) is 13.2. The first kappa shape index (κ1) is 23.9. The van der Waals surface area contributed by atoms with E-state index in [-0.39, 0.29) is 23.2 Å². The molecule has 0 aromatic carbocycles. The van der Waals surface area contributed by atoms with Crippen LogP contribution in [-0.2, 0) is 14.8 Å². The molecule has 0 bridgehead atoms. The third-order valence-electron chi connectivity index (χ3n) is 6.98. The number of rotatable bonds is 9. The highest BCUT2D eigenvalue weighted by atomic mass is 35.5. The quantitative estimate of drug-likeness (QED) is 0.451. The molecule has 3 atom stereocenters. The van der Waals surface area contributed by atoms with Gasteiger partial charge in [0.2, 0.25) is 21.9 Å². The number of nitrogens with zero attached hydrogens (tertiary/aromatic N) is 6. The van der Waals surface area contributed by atoms with Crippen LogP contribution < -0.4 is 9.46 Å². The summed E-state index contributed by atoms with van der Waals surface area (Å²) in [7, 11) is -1.03. The Balaban J connectivity index is 1.49. The number of hydrogen-bond donors (Lipinski definition) is 1. The largest absolute Gasteiger partial charge is 0.481 e. The van der Waals surface area contributed by atoms with Crippen LogP contribution >= 0.6 is 11.6 Å². The molecule has 0 amide bonds. The average molecular weight is 520 g/mol. The summed E-state index contributed by atoms with van der Waals surface area (Å²) in [6, 6.07) is 5.45. The normalized spacial score (nSPS) is 20.2. The van der Waals surface area contributed by atoms with Crippen LogP contribution in [0.25, 0.3) is 11.5 Å². The van der Waals surface area contributed by atoms with Crippen molar-refractivity contribution >= 4 is 27.6 Å². The zero-order valence-electron chi connectivity index (χ0n) is 19.5. The van der Waals surface area contributed by atoms with Gasteiger partial charge in [-0.25, -0.2) is 23.4 Å². The Morgan fingerprint density at radius 3 is 2.51 bits per heavy atom. The number of methoxy groups -OCH3 is 2. The van der Waals surface area contributed by atoms with Crippen LogP contribution in [0.2, 0.25) is 5.02 Å². The minimum Gasteiger partial charge on any atom is -0.481 e. The van der Waals surface area contributed by atoms with E-state index >= 15 is 0 Å². The fraction of sp³-hybridized carbons (Fsp3) is 0.500. The summed E-state index contributed by atoms with van der Waals surface area (Å²) >= 11 is 5.88. The van der Waals surface area contributed by atoms with Crippen molar-refractivity contribution < 1.29 is 17.9 Å². The van der Waals surface area contributed by atoms with E-state index in [1.54, 1.807) is 19.2 Å². The van der Waals surface area contributed by atoms with Crippen molar-refractivity contribution in [1.82, 2.24) is 29.7 Å². The van der Waals surface area contributed by atoms with Gasteiger partial charge in [0, 0.05) is 31.6 Å². The van der Waals surface area contributed by atoms with Crippen LogP contribution in [0.5, 0.6) is 5.88 Å². The molecule has 2 aliphatic rings. The molecular formula is C22H26ClN7O4S. The molecule has 0 radical (unpaired) electrons. The van der Waals surface area contributed by atoms with Gasteiger partial charge in [0.25, 0.3) is 0 Å². The summed E-state index contributed by atoms with van der Waals surface area (Å²) in [5.41, 5.74) is 0.732. The molecule has 0 saturated heterocycles. The lowest BCUT2D eigenvalue weighted by molar-refractivity contribution is 0.0950. The zero-order chi connectivity index (χ0) is 24.8. The Morgan fingerprint density at radius 2 is 1.91 bits per heavy atom. The number of halogens is 1. The maximum atomic E-state index is 13.5. The molecule has 1 unspecified atom stereocenters. The van der Waals surface area contributed by atoms with E-state index in [0.717, 1.165) is 25.7 Å². The van der Waals surface area contributed by atoms with Gasteiger partial charge in [-0.1, -0.05) is 17.7 Å². The molecule has 13 heteroatoms. The monoisotopic (exact) mass is 519 g/mol. The highest BCUT2D eigenvalue weighted by Gasteiger charge is 2.57. The van der Waals surface area contributed by atoms with Gasteiger partial charge in [0.05, 0.1) is 12.1 Å².